The summed E-state index contributed by atoms with van der Waals surface area (Å²) in [6.07, 6.45) is 1.45. The van der Waals surface area contributed by atoms with E-state index < -0.39 is 5.97 Å². The molecule has 0 N–H and O–H groups in total. The third kappa shape index (κ3) is 3.64. The van der Waals surface area contributed by atoms with Crippen molar-refractivity contribution in [1.82, 2.24) is 9.55 Å². The van der Waals surface area contributed by atoms with Crippen molar-refractivity contribution in [3.63, 3.8) is 0 Å². The molecule has 2 aromatic heterocycles. The second kappa shape index (κ2) is 8.20. The van der Waals surface area contributed by atoms with Crippen molar-refractivity contribution >= 4 is 28.6 Å². The number of esters is 1. The molecule has 6 nitrogen and oxygen atoms in total. The number of hydrogen-bond donors (Lipinski definition) is 0. The van der Waals surface area contributed by atoms with Crippen LogP contribution in [0.5, 0.6) is 0 Å². The molecule has 2 heterocycles. The highest BCUT2D eigenvalue weighted by molar-refractivity contribution is 7.98. The number of nitrogens with zero attached hydrogens (tertiary/aromatic N) is 2. The zero-order valence-electron chi connectivity index (χ0n) is 16.8. The summed E-state index contributed by atoms with van der Waals surface area (Å²) in [6.45, 7) is 3.95. The smallest absolute Gasteiger partial charge is 0.341 e. The Morgan fingerprint density at radius 3 is 2.77 bits per heavy atom. The van der Waals surface area contributed by atoms with Gasteiger partial charge >= 0.3 is 5.97 Å². The van der Waals surface area contributed by atoms with Crippen LogP contribution in [0.4, 0.5) is 0 Å². The van der Waals surface area contributed by atoms with Gasteiger partial charge in [0.1, 0.15) is 11.3 Å². The molecule has 0 spiro atoms. The quantitative estimate of drug-likeness (QED) is 0.265. The number of benzene rings is 2. The molecule has 0 saturated carbocycles. The van der Waals surface area contributed by atoms with E-state index >= 15 is 0 Å². The summed E-state index contributed by atoms with van der Waals surface area (Å²) < 4.78 is 11.9. The maximum Gasteiger partial charge on any atom is 0.341 e. The van der Waals surface area contributed by atoms with E-state index in [0.29, 0.717) is 33.1 Å². The van der Waals surface area contributed by atoms with E-state index in [1.54, 1.807) is 16.7 Å². The number of hydrogen-bond acceptors (Lipinski definition) is 6. The molecule has 0 radical (unpaired) electrons. The first-order valence-electron chi connectivity index (χ1n) is 9.36. The Labute approximate surface area is 177 Å². The topological polar surface area (TPSA) is 74.3 Å². The van der Waals surface area contributed by atoms with E-state index in [1.807, 2.05) is 50.2 Å². The number of para-hydroxylation sites is 1. The van der Waals surface area contributed by atoms with Gasteiger partial charge in [0.25, 0.3) is 5.56 Å². The molecule has 0 aliphatic carbocycles. The van der Waals surface area contributed by atoms with Crippen LogP contribution in [0.15, 0.2) is 69.2 Å². The van der Waals surface area contributed by atoms with E-state index in [2.05, 4.69) is 0 Å². The zero-order chi connectivity index (χ0) is 21.3. The van der Waals surface area contributed by atoms with Crippen LogP contribution in [0.2, 0.25) is 0 Å². The number of rotatable bonds is 5. The van der Waals surface area contributed by atoms with Gasteiger partial charge in [-0.05, 0) is 49.2 Å². The Kier molecular flexibility index (Phi) is 5.46. The van der Waals surface area contributed by atoms with Crippen LogP contribution >= 0.6 is 11.8 Å². The van der Waals surface area contributed by atoms with Gasteiger partial charge in [-0.25, -0.2) is 9.78 Å². The van der Waals surface area contributed by atoms with Crippen molar-refractivity contribution in [3.8, 4) is 5.69 Å². The molecule has 2 aromatic carbocycles. The lowest BCUT2D eigenvalue weighted by Gasteiger charge is -2.15. The molecule has 0 saturated heterocycles. The van der Waals surface area contributed by atoms with Crippen molar-refractivity contribution in [3.05, 3.63) is 87.6 Å². The predicted molar refractivity (Wildman–Crippen MR) is 116 cm³/mol. The Bertz CT molecular complexity index is 1310. The molecular formula is C23H20N2O4S. The molecule has 0 atom stereocenters. The van der Waals surface area contributed by atoms with E-state index in [4.69, 9.17) is 14.1 Å². The van der Waals surface area contributed by atoms with Crippen LogP contribution in [-0.4, -0.2) is 22.6 Å². The monoisotopic (exact) mass is 420 g/mol. The third-order valence-corrected chi connectivity index (χ3v) is 5.77. The van der Waals surface area contributed by atoms with Gasteiger partial charge in [0, 0.05) is 0 Å². The number of aromatic nitrogens is 2. The van der Waals surface area contributed by atoms with E-state index in [0.717, 1.165) is 16.8 Å². The highest BCUT2D eigenvalue weighted by Gasteiger charge is 2.19. The van der Waals surface area contributed by atoms with Crippen LogP contribution in [0.25, 0.3) is 16.6 Å². The Hall–Kier alpha value is -3.32. The Morgan fingerprint density at radius 2 is 1.97 bits per heavy atom. The van der Waals surface area contributed by atoms with Gasteiger partial charge in [0.05, 0.1) is 35.7 Å². The normalized spacial score (nSPS) is 11.0. The Morgan fingerprint density at radius 1 is 1.17 bits per heavy atom. The second-order valence-corrected chi connectivity index (χ2v) is 7.82. The fraction of sp³-hybridized carbons (Fsp3) is 0.174. The lowest BCUT2D eigenvalue weighted by molar-refractivity contribution is 0.0598. The lowest BCUT2D eigenvalue weighted by Crippen LogP contribution is -2.22. The second-order valence-electron chi connectivity index (χ2n) is 6.88. The van der Waals surface area contributed by atoms with Crippen molar-refractivity contribution in [1.29, 1.82) is 0 Å². The molecular weight excluding hydrogens is 400 g/mol. The summed E-state index contributed by atoms with van der Waals surface area (Å²) in [5.74, 6) is 0.340. The largest absolute Gasteiger partial charge is 0.468 e. The maximum atomic E-state index is 13.4. The molecule has 7 heteroatoms. The van der Waals surface area contributed by atoms with Crippen LogP contribution < -0.4 is 5.56 Å². The summed E-state index contributed by atoms with van der Waals surface area (Å²) in [6, 6.07) is 14.8. The number of fused-ring (bicyclic) bond motifs is 1. The molecule has 0 unspecified atom stereocenters. The summed E-state index contributed by atoms with van der Waals surface area (Å²) in [5, 5.41) is 1.08. The van der Waals surface area contributed by atoms with Gasteiger partial charge in [0.15, 0.2) is 5.16 Å². The molecule has 152 valence electrons. The number of aryl methyl sites for hydroxylation is 2. The summed E-state index contributed by atoms with van der Waals surface area (Å²) >= 11 is 1.34. The molecule has 0 amide bonds. The Balaban J connectivity index is 1.85. The van der Waals surface area contributed by atoms with Gasteiger partial charge in [-0.2, -0.15) is 0 Å². The minimum Gasteiger partial charge on any atom is -0.468 e. The van der Waals surface area contributed by atoms with Crippen molar-refractivity contribution < 1.29 is 13.9 Å². The number of ether oxygens (including phenoxy) is 1. The van der Waals surface area contributed by atoms with E-state index in [9.17, 15) is 9.59 Å². The summed E-state index contributed by atoms with van der Waals surface area (Å²) in [5.41, 5.74) is 3.66. The van der Waals surface area contributed by atoms with Gasteiger partial charge in [-0.3, -0.25) is 9.36 Å². The van der Waals surface area contributed by atoms with Gasteiger partial charge in [-0.1, -0.05) is 36.0 Å². The van der Waals surface area contributed by atoms with Gasteiger partial charge < -0.3 is 9.15 Å². The highest BCUT2D eigenvalue weighted by Crippen LogP contribution is 2.28. The first-order valence-corrected chi connectivity index (χ1v) is 10.3. The fourth-order valence-electron chi connectivity index (χ4n) is 3.26. The van der Waals surface area contributed by atoms with Crippen molar-refractivity contribution in [2.24, 2.45) is 0 Å². The highest BCUT2D eigenvalue weighted by atomic mass is 32.2. The number of carbonyl (C=O) groups excluding carboxylic acids is 1. The number of methoxy groups -OCH3 is 1. The van der Waals surface area contributed by atoms with Crippen molar-refractivity contribution in [2.45, 2.75) is 24.8 Å². The summed E-state index contributed by atoms with van der Waals surface area (Å²) in [4.78, 5) is 30.1. The van der Waals surface area contributed by atoms with Crippen LogP contribution in [-0.2, 0) is 10.5 Å². The van der Waals surface area contributed by atoms with E-state index in [-0.39, 0.29) is 5.56 Å². The standard InChI is InChI=1S/C23H20N2O4S/c1-14-8-9-15(2)19(12-14)25-21(26)16-6-4-5-7-18(16)24-23(25)30-13-20-17(10-11-29-20)22(27)28-3/h4-12H,13H2,1-3H3. The van der Waals surface area contributed by atoms with Gasteiger partial charge in [-0.15, -0.1) is 0 Å². The number of thioether (sulfide) groups is 1. The SMILES string of the molecule is COC(=O)c1ccoc1CSc1nc2ccccc2c(=O)n1-c1cc(C)ccc1C. The minimum atomic E-state index is -0.460. The van der Waals surface area contributed by atoms with E-state index in [1.165, 1.54) is 25.1 Å². The molecule has 4 aromatic rings. The van der Waals surface area contributed by atoms with Crippen LogP contribution in [0, 0.1) is 13.8 Å². The minimum absolute atomic E-state index is 0.135. The lowest BCUT2D eigenvalue weighted by atomic mass is 10.1. The molecule has 4 rings (SSSR count). The summed E-state index contributed by atoms with van der Waals surface area (Å²) in [7, 11) is 1.33. The third-order valence-electron chi connectivity index (χ3n) is 4.83. The number of carbonyl (C=O) groups is 1. The molecule has 30 heavy (non-hydrogen) atoms. The zero-order valence-corrected chi connectivity index (χ0v) is 17.7. The first kappa shape index (κ1) is 20.0. The first-order chi connectivity index (χ1) is 14.5. The number of furan rings is 1. The molecule has 0 bridgehead atoms. The van der Waals surface area contributed by atoms with Crippen LogP contribution in [0.3, 0.4) is 0 Å². The molecule has 0 aliphatic rings. The predicted octanol–water partition coefficient (Wildman–Crippen LogP) is 4.67. The fourth-order valence-corrected chi connectivity index (χ4v) is 4.21. The van der Waals surface area contributed by atoms with Gasteiger partial charge in [0.2, 0.25) is 0 Å². The molecule has 0 aliphatic heterocycles. The van der Waals surface area contributed by atoms with Crippen LogP contribution in [0.1, 0.15) is 27.2 Å². The average Bonchev–Trinajstić information content (AvgIpc) is 3.22. The maximum absolute atomic E-state index is 13.4. The average molecular weight is 420 g/mol. The van der Waals surface area contributed by atoms with Crippen molar-refractivity contribution in [2.75, 3.05) is 7.11 Å². The molecule has 0 fully saturated rings.